The predicted molar refractivity (Wildman–Crippen MR) is 121 cm³/mol. The Hall–Kier alpha value is -2.41. The third kappa shape index (κ3) is 3.69. The van der Waals surface area contributed by atoms with Gasteiger partial charge in [0.25, 0.3) is 0 Å². The molecule has 4 rings (SSSR count). The van der Waals surface area contributed by atoms with Gasteiger partial charge in [-0.25, -0.2) is 0 Å². The first-order valence-electron chi connectivity index (χ1n) is 8.84. The predicted octanol–water partition coefficient (Wildman–Crippen LogP) is 6.26. The summed E-state index contributed by atoms with van der Waals surface area (Å²) in [5.74, 6) is 0. The third-order valence-electron chi connectivity index (χ3n) is 4.48. The van der Waals surface area contributed by atoms with E-state index in [-0.39, 0.29) is 0 Å². The molecule has 0 fully saturated rings. The molecule has 0 aromatic heterocycles. The van der Waals surface area contributed by atoms with E-state index in [4.69, 9.17) is 4.74 Å². The fourth-order valence-corrected chi connectivity index (χ4v) is 7.03. The van der Waals surface area contributed by atoms with Gasteiger partial charge in [0.1, 0.15) is 0 Å². The van der Waals surface area contributed by atoms with Crippen molar-refractivity contribution in [3.05, 3.63) is 120 Å². The highest BCUT2D eigenvalue weighted by atomic mass is 79.9. The minimum absolute atomic E-state index is 0.989. The van der Waals surface area contributed by atoms with Gasteiger partial charge >= 0.3 is 0 Å². The Bertz CT molecular complexity index is 956. The number of halogens is 1. The van der Waals surface area contributed by atoms with Gasteiger partial charge in [-0.2, -0.15) is 0 Å². The van der Waals surface area contributed by atoms with Crippen LogP contribution in [0.25, 0.3) is 0 Å². The molecule has 0 radical (unpaired) electrons. The molecule has 0 N–H and O–H groups in total. The Morgan fingerprint density at radius 3 is 1.22 bits per heavy atom. The molecule has 0 saturated heterocycles. The Morgan fingerprint density at radius 2 is 0.852 bits per heavy atom. The minimum Gasteiger partial charge on any atom is -0.254 e. The van der Waals surface area contributed by atoms with Crippen molar-refractivity contribution >= 4 is 44.6 Å². The highest BCUT2D eigenvalue weighted by Crippen LogP contribution is 2.49. The quantitative estimate of drug-likeness (QED) is 0.338. The van der Waals surface area contributed by atoms with E-state index >= 15 is 0 Å². The van der Waals surface area contributed by atoms with Crippen LogP contribution in [0, 0.1) is 0 Å². The molecule has 0 unspecified atom stereocenters. The van der Waals surface area contributed by atoms with Crippen LogP contribution in [-0.2, 0) is 0 Å². The van der Waals surface area contributed by atoms with E-state index in [1.165, 1.54) is 15.9 Å². The number of rotatable bonds is 4. The zero-order valence-corrected chi connectivity index (χ0v) is 17.2. The van der Waals surface area contributed by atoms with Crippen molar-refractivity contribution in [2.24, 2.45) is 4.74 Å². The van der Waals surface area contributed by atoms with Crippen LogP contribution in [0.3, 0.4) is 0 Å². The largest absolute Gasteiger partial charge is 0.254 e. The molecule has 0 aliphatic heterocycles. The molecule has 3 heteroatoms. The van der Waals surface area contributed by atoms with Crippen molar-refractivity contribution in [3.8, 4) is 0 Å². The van der Waals surface area contributed by atoms with Crippen LogP contribution in [0.2, 0.25) is 0 Å². The summed E-state index contributed by atoms with van der Waals surface area (Å²) < 4.78 is 6.49. The molecule has 1 nitrogen and oxygen atoms in total. The lowest BCUT2D eigenvalue weighted by atomic mass is 10.3. The smallest absolute Gasteiger partial charge is 0.0626 e. The van der Waals surface area contributed by atoms with Gasteiger partial charge < -0.3 is 0 Å². The molecular weight excluding hydrogens is 413 g/mol. The number of hydrogen-bond acceptors (Lipinski definition) is 1. The van der Waals surface area contributed by atoms with E-state index < -0.39 is 7.05 Å². The summed E-state index contributed by atoms with van der Waals surface area (Å²) in [6, 6.07) is 40.3. The van der Waals surface area contributed by atoms with E-state index in [2.05, 4.69) is 131 Å². The van der Waals surface area contributed by atoms with Gasteiger partial charge in [-0.3, -0.25) is 4.74 Å². The normalized spacial score (nSPS) is 11.1. The molecule has 0 heterocycles. The molecular formula is C24H19BrNP. The van der Waals surface area contributed by atoms with E-state index in [1.54, 1.807) is 0 Å². The Balaban J connectivity index is 2.11. The van der Waals surface area contributed by atoms with E-state index in [1.807, 2.05) is 0 Å². The Kier molecular flexibility index (Phi) is 5.38. The number of nitrogens with zero attached hydrogens (tertiary/aromatic N) is 1. The molecule has 0 spiro atoms. The average Bonchev–Trinajstić information content (AvgIpc) is 2.75. The zero-order chi connectivity index (χ0) is 18.5. The molecule has 0 saturated carbocycles. The van der Waals surface area contributed by atoms with Crippen LogP contribution < -0.4 is 15.9 Å². The standard InChI is InChI=1S/C24H19BrNP/c25-20-16-18-21(19-17-20)26-27(22-10-4-1-5-11-22,23-12-6-2-7-13-23)24-14-8-3-9-15-24/h1-19H. The zero-order valence-electron chi connectivity index (χ0n) is 14.7. The second-order valence-corrected chi connectivity index (χ2v) is 10.2. The second-order valence-electron chi connectivity index (χ2n) is 6.22. The lowest BCUT2D eigenvalue weighted by Crippen LogP contribution is -2.25. The fraction of sp³-hybridized carbons (Fsp3) is 0. The van der Waals surface area contributed by atoms with Crippen molar-refractivity contribution < 1.29 is 0 Å². The van der Waals surface area contributed by atoms with Crippen molar-refractivity contribution in [1.29, 1.82) is 0 Å². The van der Waals surface area contributed by atoms with Crippen molar-refractivity contribution in [3.63, 3.8) is 0 Å². The maximum absolute atomic E-state index is 5.43. The Morgan fingerprint density at radius 1 is 0.481 bits per heavy atom. The van der Waals surface area contributed by atoms with Crippen molar-refractivity contribution in [2.45, 2.75) is 0 Å². The fourth-order valence-electron chi connectivity index (χ4n) is 3.23. The maximum Gasteiger partial charge on any atom is 0.0626 e. The van der Waals surface area contributed by atoms with Gasteiger partial charge in [0.2, 0.25) is 0 Å². The van der Waals surface area contributed by atoms with Crippen LogP contribution in [0.1, 0.15) is 0 Å². The van der Waals surface area contributed by atoms with Crippen LogP contribution in [0.5, 0.6) is 0 Å². The van der Waals surface area contributed by atoms with E-state index in [0.29, 0.717) is 0 Å². The summed E-state index contributed by atoms with van der Waals surface area (Å²) >= 11 is 3.53. The SMILES string of the molecule is Brc1ccc(N=P(c2ccccc2)(c2ccccc2)c2ccccc2)cc1. The van der Waals surface area contributed by atoms with Gasteiger partial charge in [-0.15, -0.1) is 0 Å². The lowest BCUT2D eigenvalue weighted by Gasteiger charge is -2.27. The van der Waals surface area contributed by atoms with Crippen LogP contribution in [0.4, 0.5) is 5.69 Å². The summed E-state index contributed by atoms with van der Waals surface area (Å²) in [5, 5.41) is 3.76. The van der Waals surface area contributed by atoms with Crippen molar-refractivity contribution in [1.82, 2.24) is 0 Å². The van der Waals surface area contributed by atoms with Gasteiger partial charge in [0, 0.05) is 20.4 Å². The highest BCUT2D eigenvalue weighted by molar-refractivity contribution is 9.10. The molecule has 0 aliphatic rings. The third-order valence-corrected chi connectivity index (χ3v) is 8.68. The van der Waals surface area contributed by atoms with Crippen LogP contribution in [-0.4, -0.2) is 0 Å². The summed E-state index contributed by atoms with van der Waals surface area (Å²) in [4.78, 5) is 0. The van der Waals surface area contributed by atoms with Gasteiger partial charge in [0.05, 0.1) is 12.7 Å². The number of benzene rings is 4. The molecule has 4 aromatic carbocycles. The monoisotopic (exact) mass is 431 g/mol. The topological polar surface area (TPSA) is 12.4 Å². The maximum atomic E-state index is 5.43. The molecule has 0 bridgehead atoms. The minimum atomic E-state index is -2.18. The summed E-state index contributed by atoms with van der Waals surface area (Å²) in [6.45, 7) is 0. The molecule has 132 valence electrons. The molecule has 4 aromatic rings. The van der Waals surface area contributed by atoms with Gasteiger partial charge in [-0.1, -0.05) is 107 Å². The second kappa shape index (κ2) is 8.08. The first kappa shape index (κ1) is 18.0. The summed E-state index contributed by atoms with van der Waals surface area (Å²) in [6.07, 6.45) is 0. The highest BCUT2D eigenvalue weighted by Gasteiger charge is 2.27. The molecule has 0 atom stereocenters. The van der Waals surface area contributed by atoms with E-state index in [9.17, 15) is 0 Å². The lowest BCUT2D eigenvalue weighted by molar-refractivity contribution is 1.53. The van der Waals surface area contributed by atoms with Gasteiger partial charge in [0.15, 0.2) is 0 Å². The first-order chi connectivity index (χ1) is 13.3. The summed E-state index contributed by atoms with van der Waals surface area (Å²) in [7, 11) is -2.18. The number of hydrogen-bond donors (Lipinski definition) is 0. The van der Waals surface area contributed by atoms with Crippen LogP contribution >= 0.6 is 23.0 Å². The summed E-state index contributed by atoms with van der Waals surface area (Å²) in [5.41, 5.74) is 0.989. The first-order valence-corrected chi connectivity index (χ1v) is 11.4. The van der Waals surface area contributed by atoms with E-state index in [0.717, 1.165) is 10.2 Å². The van der Waals surface area contributed by atoms with Crippen LogP contribution in [0.15, 0.2) is 124 Å². The Labute approximate surface area is 168 Å². The molecule has 0 aliphatic carbocycles. The van der Waals surface area contributed by atoms with Crippen molar-refractivity contribution in [2.75, 3.05) is 0 Å². The molecule has 27 heavy (non-hydrogen) atoms. The molecule has 0 amide bonds. The van der Waals surface area contributed by atoms with Gasteiger partial charge in [-0.05, 0) is 24.3 Å². The average molecular weight is 432 g/mol.